The molecule has 0 bridgehead atoms. The minimum atomic E-state index is -0.539. The average molecular weight is 288 g/mol. The molecule has 2 N–H and O–H groups in total. The first kappa shape index (κ1) is 14.5. The molecule has 1 saturated heterocycles. The lowest BCUT2D eigenvalue weighted by Gasteiger charge is -2.20. The Morgan fingerprint density at radius 2 is 2.10 bits per heavy atom. The van der Waals surface area contributed by atoms with Gasteiger partial charge in [0.1, 0.15) is 0 Å². The maximum Gasteiger partial charge on any atom is 0.242 e. The SMILES string of the molecule is NC1(C(=O)N2CCC(OCCCc3ccccc3)C2)CC1. The lowest BCUT2D eigenvalue weighted by molar-refractivity contribution is -0.133. The largest absolute Gasteiger partial charge is 0.376 e. The lowest BCUT2D eigenvalue weighted by atomic mass is 10.1. The highest BCUT2D eigenvalue weighted by atomic mass is 16.5. The molecule has 21 heavy (non-hydrogen) atoms. The summed E-state index contributed by atoms with van der Waals surface area (Å²) in [6.07, 6.45) is 4.87. The van der Waals surface area contributed by atoms with Gasteiger partial charge in [-0.15, -0.1) is 0 Å². The van der Waals surface area contributed by atoms with Gasteiger partial charge in [0.2, 0.25) is 5.91 Å². The summed E-state index contributed by atoms with van der Waals surface area (Å²) in [6.45, 7) is 2.26. The third-order valence-electron chi connectivity index (χ3n) is 4.45. The van der Waals surface area contributed by atoms with E-state index in [4.69, 9.17) is 10.5 Å². The number of benzene rings is 1. The number of nitrogens with zero attached hydrogens (tertiary/aromatic N) is 1. The average Bonchev–Trinajstić information content (AvgIpc) is 3.09. The Labute approximate surface area is 126 Å². The number of carbonyl (C=O) groups excluding carboxylic acids is 1. The molecule has 0 aromatic heterocycles. The highest BCUT2D eigenvalue weighted by molar-refractivity contribution is 5.89. The van der Waals surface area contributed by atoms with Gasteiger partial charge in [-0.05, 0) is 37.7 Å². The van der Waals surface area contributed by atoms with Crippen molar-refractivity contribution in [2.45, 2.75) is 43.7 Å². The predicted octanol–water partition coefficient (Wildman–Crippen LogP) is 1.73. The summed E-state index contributed by atoms with van der Waals surface area (Å²) in [5, 5.41) is 0. The van der Waals surface area contributed by atoms with E-state index in [0.29, 0.717) is 6.54 Å². The molecule has 1 aliphatic carbocycles. The Morgan fingerprint density at radius 3 is 2.81 bits per heavy atom. The molecule has 1 atom stereocenters. The number of hydrogen-bond acceptors (Lipinski definition) is 3. The fourth-order valence-corrected chi connectivity index (χ4v) is 2.88. The molecule has 2 aliphatic rings. The Hall–Kier alpha value is -1.39. The predicted molar refractivity (Wildman–Crippen MR) is 81.9 cm³/mol. The molecule has 2 fully saturated rings. The first-order chi connectivity index (χ1) is 10.2. The summed E-state index contributed by atoms with van der Waals surface area (Å²) in [4.78, 5) is 14.0. The maximum atomic E-state index is 12.1. The van der Waals surface area contributed by atoms with Crippen molar-refractivity contribution in [2.24, 2.45) is 5.73 Å². The summed E-state index contributed by atoms with van der Waals surface area (Å²) in [7, 11) is 0. The van der Waals surface area contributed by atoms with Crippen LogP contribution in [0.4, 0.5) is 0 Å². The Morgan fingerprint density at radius 1 is 1.33 bits per heavy atom. The van der Waals surface area contributed by atoms with Crippen molar-refractivity contribution in [2.75, 3.05) is 19.7 Å². The number of likely N-dealkylation sites (tertiary alicyclic amines) is 1. The van der Waals surface area contributed by atoms with Crippen LogP contribution in [-0.2, 0) is 16.0 Å². The van der Waals surface area contributed by atoms with E-state index in [9.17, 15) is 4.79 Å². The number of nitrogens with two attached hydrogens (primary N) is 1. The van der Waals surface area contributed by atoms with Crippen molar-refractivity contribution in [3.05, 3.63) is 35.9 Å². The van der Waals surface area contributed by atoms with Crippen LogP contribution in [-0.4, -0.2) is 42.1 Å². The van der Waals surface area contributed by atoms with Gasteiger partial charge in [-0.3, -0.25) is 4.79 Å². The number of hydrogen-bond donors (Lipinski definition) is 1. The molecule has 0 spiro atoms. The van der Waals surface area contributed by atoms with Crippen LogP contribution < -0.4 is 5.73 Å². The van der Waals surface area contributed by atoms with Crippen molar-refractivity contribution in [3.8, 4) is 0 Å². The monoisotopic (exact) mass is 288 g/mol. The molecule has 1 aromatic carbocycles. The van der Waals surface area contributed by atoms with E-state index < -0.39 is 5.54 Å². The lowest BCUT2D eigenvalue weighted by Crippen LogP contribution is -2.45. The molecule has 1 unspecified atom stereocenters. The smallest absolute Gasteiger partial charge is 0.242 e. The Kier molecular flexibility index (Phi) is 4.27. The summed E-state index contributed by atoms with van der Waals surface area (Å²) in [5.74, 6) is 0.123. The normalized spacial score (nSPS) is 23.3. The Bertz CT molecular complexity index is 485. The molecule has 1 heterocycles. The fraction of sp³-hybridized carbons (Fsp3) is 0.588. The molecule has 0 radical (unpaired) electrons. The van der Waals surface area contributed by atoms with Gasteiger partial charge in [-0.1, -0.05) is 30.3 Å². The number of aryl methyl sites for hydroxylation is 1. The van der Waals surface area contributed by atoms with Crippen LogP contribution in [0.1, 0.15) is 31.2 Å². The highest BCUT2D eigenvalue weighted by Gasteiger charge is 2.49. The van der Waals surface area contributed by atoms with E-state index in [1.807, 2.05) is 11.0 Å². The first-order valence-electron chi connectivity index (χ1n) is 7.91. The molecule has 3 rings (SSSR count). The van der Waals surface area contributed by atoms with Crippen molar-refractivity contribution in [1.82, 2.24) is 4.90 Å². The van der Waals surface area contributed by atoms with Gasteiger partial charge in [-0.2, -0.15) is 0 Å². The number of carbonyl (C=O) groups is 1. The number of amides is 1. The molecule has 4 heteroatoms. The van der Waals surface area contributed by atoms with E-state index in [1.54, 1.807) is 0 Å². The fourth-order valence-electron chi connectivity index (χ4n) is 2.88. The number of ether oxygens (including phenoxy) is 1. The van der Waals surface area contributed by atoms with Crippen LogP contribution >= 0.6 is 0 Å². The highest BCUT2D eigenvalue weighted by Crippen LogP contribution is 2.35. The zero-order chi connectivity index (χ0) is 14.7. The second-order valence-corrected chi connectivity index (χ2v) is 6.28. The van der Waals surface area contributed by atoms with Crippen LogP contribution in [0.2, 0.25) is 0 Å². The topological polar surface area (TPSA) is 55.6 Å². The third-order valence-corrected chi connectivity index (χ3v) is 4.45. The van der Waals surface area contributed by atoms with Gasteiger partial charge >= 0.3 is 0 Å². The van der Waals surface area contributed by atoms with E-state index in [2.05, 4.69) is 24.3 Å². The second-order valence-electron chi connectivity index (χ2n) is 6.28. The molecular weight excluding hydrogens is 264 g/mol. The molecule has 114 valence electrons. The van der Waals surface area contributed by atoms with Gasteiger partial charge in [0, 0.05) is 19.7 Å². The van der Waals surface area contributed by atoms with Crippen LogP contribution in [0, 0.1) is 0 Å². The zero-order valence-corrected chi connectivity index (χ0v) is 12.5. The molecule has 1 amide bonds. The van der Waals surface area contributed by atoms with Crippen molar-refractivity contribution < 1.29 is 9.53 Å². The summed E-state index contributed by atoms with van der Waals surface area (Å²) in [5.41, 5.74) is 6.78. The van der Waals surface area contributed by atoms with E-state index in [1.165, 1.54) is 5.56 Å². The van der Waals surface area contributed by atoms with E-state index >= 15 is 0 Å². The van der Waals surface area contributed by atoms with E-state index in [-0.39, 0.29) is 12.0 Å². The quantitative estimate of drug-likeness (QED) is 0.811. The minimum absolute atomic E-state index is 0.123. The molecule has 1 aromatic rings. The summed E-state index contributed by atoms with van der Waals surface area (Å²) < 4.78 is 5.90. The van der Waals surface area contributed by atoms with Crippen LogP contribution in [0.3, 0.4) is 0 Å². The first-order valence-corrected chi connectivity index (χ1v) is 7.91. The van der Waals surface area contributed by atoms with Crippen LogP contribution in [0.15, 0.2) is 30.3 Å². The summed E-state index contributed by atoms with van der Waals surface area (Å²) >= 11 is 0. The molecular formula is C17H24N2O2. The van der Waals surface area contributed by atoms with Crippen LogP contribution in [0.5, 0.6) is 0 Å². The van der Waals surface area contributed by atoms with Gasteiger partial charge in [0.15, 0.2) is 0 Å². The molecule has 4 nitrogen and oxygen atoms in total. The number of rotatable bonds is 6. The Balaban J connectivity index is 1.35. The standard InChI is InChI=1S/C17H24N2O2/c18-17(9-10-17)16(20)19-11-8-15(13-19)21-12-4-7-14-5-2-1-3-6-14/h1-3,5-6,15H,4,7-13,18H2. The summed E-state index contributed by atoms with van der Waals surface area (Å²) in [6, 6.07) is 10.5. The van der Waals surface area contributed by atoms with Crippen molar-refractivity contribution >= 4 is 5.91 Å². The van der Waals surface area contributed by atoms with Gasteiger partial charge < -0.3 is 15.4 Å². The third kappa shape index (κ3) is 3.63. The minimum Gasteiger partial charge on any atom is -0.376 e. The van der Waals surface area contributed by atoms with Gasteiger partial charge in [-0.25, -0.2) is 0 Å². The van der Waals surface area contributed by atoms with Gasteiger partial charge in [0.25, 0.3) is 0 Å². The van der Waals surface area contributed by atoms with Gasteiger partial charge in [0.05, 0.1) is 11.6 Å². The molecule has 1 aliphatic heterocycles. The van der Waals surface area contributed by atoms with Crippen molar-refractivity contribution in [3.63, 3.8) is 0 Å². The van der Waals surface area contributed by atoms with Crippen LogP contribution in [0.25, 0.3) is 0 Å². The van der Waals surface area contributed by atoms with E-state index in [0.717, 1.165) is 45.3 Å². The van der Waals surface area contributed by atoms with Crippen molar-refractivity contribution in [1.29, 1.82) is 0 Å². The molecule has 1 saturated carbocycles. The zero-order valence-electron chi connectivity index (χ0n) is 12.5. The second kappa shape index (κ2) is 6.16. The maximum absolute atomic E-state index is 12.1.